The maximum Gasteiger partial charge on any atom is 0.0722 e. The van der Waals surface area contributed by atoms with E-state index >= 15 is 0 Å². The van der Waals surface area contributed by atoms with Crippen molar-refractivity contribution < 1.29 is 5.11 Å². The fraction of sp³-hybridized carbons (Fsp3) is 0.429. The Morgan fingerprint density at radius 2 is 2.06 bits per heavy atom. The molecule has 1 unspecified atom stereocenters. The maximum absolute atomic E-state index is 9.47. The molecule has 1 heterocycles. The Balaban J connectivity index is 1.91. The van der Waals surface area contributed by atoms with Crippen molar-refractivity contribution in [3.8, 4) is 0 Å². The number of aliphatic hydroxyl groups is 1. The van der Waals surface area contributed by atoms with Gasteiger partial charge >= 0.3 is 0 Å². The molecule has 0 saturated carbocycles. The fourth-order valence-corrected chi connectivity index (χ4v) is 2.09. The molecule has 1 aliphatic rings. The Hall–Kier alpha value is -1.12. The van der Waals surface area contributed by atoms with E-state index in [1.54, 1.807) is 0 Å². The lowest BCUT2D eigenvalue weighted by Gasteiger charge is -2.27. The molecule has 2 nitrogen and oxygen atoms in total. The fourth-order valence-electron chi connectivity index (χ4n) is 2.09. The second-order valence-electron chi connectivity index (χ2n) is 4.43. The van der Waals surface area contributed by atoms with Crippen molar-refractivity contribution >= 4 is 0 Å². The molecule has 0 amide bonds. The second-order valence-corrected chi connectivity index (χ2v) is 4.43. The third-order valence-electron chi connectivity index (χ3n) is 3.11. The SMILES string of the molecule is CC(O)C1=CCN(Cc2ccccc2)CC1. The predicted octanol–water partition coefficient (Wildman–Crippen LogP) is 2.20. The van der Waals surface area contributed by atoms with Crippen molar-refractivity contribution in [1.82, 2.24) is 4.90 Å². The molecule has 1 aromatic carbocycles. The van der Waals surface area contributed by atoms with Gasteiger partial charge in [0, 0.05) is 19.6 Å². The van der Waals surface area contributed by atoms with Gasteiger partial charge in [-0.2, -0.15) is 0 Å². The first-order valence-corrected chi connectivity index (χ1v) is 5.89. The van der Waals surface area contributed by atoms with Crippen LogP contribution in [0.4, 0.5) is 0 Å². The summed E-state index contributed by atoms with van der Waals surface area (Å²) in [5, 5.41) is 9.47. The molecular formula is C14H19NO. The zero-order valence-corrected chi connectivity index (χ0v) is 9.76. The van der Waals surface area contributed by atoms with Crippen molar-refractivity contribution in [2.75, 3.05) is 13.1 Å². The van der Waals surface area contributed by atoms with Gasteiger partial charge in [-0.25, -0.2) is 0 Å². The Kier molecular flexibility index (Phi) is 3.75. The highest BCUT2D eigenvalue weighted by molar-refractivity contribution is 5.16. The minimum absolute atomic E-state index is 0.279. The zero-order chi connectivity index (χ0) is 11.4. The molecule has 1 aliphatic heterocycles. The van der Waals surface area contributed by atoms with Crippen molar-refractivity contribution in [3.05, 3.63) is 47.5 Å². The van der Waals surface area contributed by atoms with E-state index in [1.165, 1.54) is 11.1 Å². The van der Waals surface area contributed by atoms with Crippen LogP contribution < -0.4 is 0 Å². The first kappa shape index (κ1) is 11.4. The van der Waals surface area contributed by atoms with Crippen LogP contribution in [0, 0.1) is 0 Å². The Morgan fingerprint density at radius 3 is 2.62 bits per heavy atom. The van der Waals surface area contributed by atoms with Gasteiger partial charge in [-0.1, -0.05) is 36.4 Å². The summed E-state index contributed by atoms with van der Waals surface area (Å²) in [4.78, 5) is 2.40. The van der Waals surface area contributed by atoms with Crippen LogP contribution in [-0.2, 0) is 6.54 Å². The molecule has 16 heavy (non-hydrogen) atoms. The van der Waals surface area contributed by atoms with Gasteiger partial charge in [0.2, 0.25) is 0 Å². The maximum atomic E-state index is 9.47. The van der Waals surface area contributed by atoms with Crippen LogP contribution in [0.15, 0.2) is 42.0 Å². The van der Waals surface area contributed by atoms with Gasteiger partial charge in [-0.15, -0.1) is 0 Å². The standard InChI is InChI=1S/C14H19NO/c1-12(16)14-7-9-15(10-8-14)11-13-5-3-2-4-6-13/h2-7,12,16H,8-11H2,1H3. The molecule has 0 bridgehead atoms. The van der Waals surface area contributed by atoms with Crippen LogP contribution in [0.2, 0.25) is 0 Å². The normalized spacial score (nSPS) is 19.2. The highest BCUT2D eigenvalue weighted by Gasteiger charge is 2.14. The minimum Gasteiger partial charge on any atom is -0.389 e. The minimum atomic E-state index is -0.279. The number of nitrogens with zero attached hydrogens (tertiary/aromatic N) is 1. The van der Waals surface area contributed by atoms with E-state index < -0.39 is 0 Å². The molecule has 2 rings (SSSR count). The van der Waals surface area contributed by atoms with E-state index in [2.05, 4.69) is 35.2 Å². The highest BCUT2D eigenvalue weighted by Crippen LogP contribution is 2.16. The number of aliphatic hydroxyl groups excluding tert-OH is 1. The Labute approximate surface area is 97.2 Å². The van der Waals surface area contributed by atoms with Gasteiger partial charge in [-0.05, 0) is 24.5 Å². The summed E-state index contributed by atoms with van der Waals surface area (Å²) < 4.78 is 0. The summed E-state index contributed by atoms with van der Waals surface area (Å²) in [6, 6.07) is 10.5. The quantitative estimate of drug-likeness (QED) is 0.785. The van der Waals surface area contributed by atoms with Gasteiger partial charge in [-0.3, -0.25) is 4.90 Å². The molecule has 1 N–H and O–H groups in total. The van der Waals surface area contributed by atoms with Crippen molar-refractivity contribution in [2.24, 2.45) is 0 Å². The van der Waals surface area contributed by atoms with Gasteiger partial charge in [0.25, 0.3) is 0 Å². The van der Waals surface area contributed by atoms with E-state index in [0.717, 1.165) is 26.1 Å². The van der Waals surface area contributed by atoms with Gasteiger partial charge < -0.3 is 5.11 Å². The van der Waals surface area contributed by atoms with Crippen LogP contribution in [0.5, 0.6) is 0 Å². The lowest BCUT2D eigenvalue weighted by atomic mass is 10.0. The first-order chi connectivity index (χ1) is 7.75. The van der Waals surface area contributed by atoms with Gasteiger partial charge in [0.15, 0.2) is 0 Å². The summed E-state index contributed by atoms with van der Waals surface area (Å²) in [5.41, 5.74) is 2.54. The van der Waals surface area contributed by atoms with Crippen molar-refractivity contribution in [3.63, 3.8) is 0 Å². The van der Waals surface area contributed by atoms with Crippen LogP contribution >= 0.6 is 0 Å². The zero-order valence-electron chi connectivity index (χ0n) is 9.76. The first-order valence-electron chi connectivity index (χ1n) is 5.89. The average molecular weight is 217 g/mol. The van der Waals surface area contributed by atoms with Crippen molar-refractivity contribution in [2.45, 2.75) is 26.0 Å². The molecule has 0 fully saturated rings. The van der Waals surface area contributed by atoms with Crippen molar-refractivity contribution in [1.29, 1.82) is 0 Å². The molecule has 2 heteroatoms. The summed E-state index contributed by atoms with van der Waals surface area (Å²) in [7, 11) is 0. The molecule has 1 atom stereocenters. The second kappa shape index (κ2) is 5.28. The topological polar surface area (TPSA) is 23.5 Å². The number of hydrogen-bond donors (Lipinski definition) is 1. The highest BCUT2D eigenvalue weighted by atomic mass is 16.3. The molecule has 0 aromatic heterocycles. The Morgan fingerprint density at radius 1 is 1.31 bits per heavy atom. The monoisotopic (exact) mass is 217 g/mol. The van der Waals surface area contributed by atoms with E-state index in [-0.39, 0.29) is 6.10 Å². The molecule has 0 saturated heterocycles. The molecule has 0 radical (unpaired) electrons. The van der Waals surface area contributed by atoms with Crippen LogP contribution in [-0.4, -0.2) is 29.2 Å². The number of rotatable bonds is 3. The lowest BCUT2D eigenvalue weighted by molar-refractivity contribution is 0.208. The molecule has 86 valence electrons. The molecule has 0 spiro atoms. The molecule has 0 aliphatic carbocycles. The molecule has 1 aromatic rings. The summed E-state index contributed by atoms with van der Waals surface area (Å²) >= 11 is 0. The third-order valence-corrected chi connectivity index (χ3v) is 3.11. The Bertz CT molecular complexity index is 356. The van der Waals surface area contributed by atoms with Crippen LogP contribution in [0.1, 0.15) is 18.9 Å². The smallest absolute Gasteiger partial charge is 0.0722 e. The summed E-state index contributed by atoms with van der Waals surface area (Å²) in [6.45, 7) is 4.85. The largest absolute Gasteiger partial charge is 0.389 e. The van der Waals surface area contributed by atoms with Gasteiger partial charge in [0.05, 0.1) is 6.10 Å². The van der Waals surface area contributed by atoms with Crippen LogP contribution in [0.3, 0.4) is 0 Å². The van der Waals surface area contributed by atoms with E-state index in [0.29, 0.717) is 0 Å². The van der Waals surface area contributed by atoms with E-state index in [9.17, 15) is 5.11 Å². The molecular weight excluding hydrogens is 198 g/mol. The summed E-state index contributed by atoms with van der Waals surface area (Å²) in [6.07, 6.45) is 2.88. The average Bonchev–Trinajstić information content (AvgIpc) is 2.31. The lowest BCUT2D eigenvalue weighted by Crippen LogP contribution is -2.30. The number of benzene rings is 1. The number of hydrogen-bond acceptors (Lipinski definition) is 2. The van der Waals surface area contributed by atoms with Crippen LogP contribution in [0.25, 0.3) is 0 Å². The third kappa shape index (κ3) is 2.94. The summed E-state index contributed by atoms with van der Waals surface area (Å²) in [5.74, 6) is 0. The van der Waals surface area contributed by atoms with E-state index in [4.69, 9.17) is 0 Å². The van der Waals surface area contributed by atoms with E-state index in [1.807, 2.05) is 13.0 Å². The predicted molar refractivity (Wildman–Crippen MR) is 66.1 cm³/mol. The van der Waals surface area contributed by atoms with Gasteiger partial charge in [0.1, 0.15) is 0 Å².